The Morgan fingerprint density at radius 3 is 2.65 bits per heavy atom. The van der Waals surface area contributed by atoms with Crippen LogP contribution in [0.5, 0.6) is 0 Å². The summed E-state index contributed by atoms with van der Waals surface area (Å²) in [6.45, 7) is 5.81. The molecule has 0 fully saturated rings. The van der Waals surface area contributed by atoms with Crippen molar-refractivity contribution in [2.75, 3.05) is 24.2 Å². The third-order valence-electron chi connectivity index (χ3n) is 4.45. The second kappa shape index (κ2) is 10.7. The Balaban J connectivity index is 1.62. The highest BCUT2D eigenvalue weighted by Crippen LogP contribution is 2.24. The molecule has 1 amide bonds. The number of aromatic nitrogens is 4. The van der Waals surface area contributed by atoms with Gasteiger partial charge in [0.05, 0.1) is 29.5 Å². The maximum Gasteiger partial charge on any atom is 0.269 e. The normalized spacial score (nSPS) is 10.9. The molecule has 10 nitrogen and oxygen atoms in total. The number of hydrogen-bond donors (Lipinski definition) is 2. The molecule has 2 N–H and O–H groups in total. The minimum absolute atomic E-state index is 0.00473. The van der Waals surface area contributed by atoms with Crippen molar-refractivity contribution >= 4 is 40.2 Å². The molecule has 0 unspecified atom stereocenters. The monoisotopic (exact) mass is 443 g/mol. The molecule has 0 aliphatic carbocycles. The lowest BCUT2D eigenvalue weighted by molar-refractivity contribution is -0.384. The largest absolute Gasteiger partial charge is 0.369 e. The van der Waals surface area contributed by atoms with Crippen LogP contribution in [0.15, 0.2) is 35.6 Å². The highest BCUT2D eigenvalue weighted by atomic mass is 32.2. The van der Waals surface area contributed by atoms with E-state index in [0.717, 1.165) is 35.6 Å². The van der Waals surface area contributed by atoms with Crippen LogP contribution in [0.3, 0.4) is 0 Å². The van der Waals surface area contributed by atoms with Gasteiger partial charge in [0.1, 0.15) is 5.82 Å². The van der Waals surface area contributed by atoms with Gasteiger partial charge in [0.15, 0.2) is 10.8 Å². The van der Waals surface area contributed by atoms with Crippen molar-refractivity contribution in [1.82, 2.24) is 25.1 Å². The standard InChI is InChI=1S/C20H25N7O3S/c1-3-9-22-18-16-13-23-26(19(16)25-20(24-18)31-4-2)11-10-21-17(28)12-14-5-7-15(8-6-14)27(29)30/h5-8,13H,3-4,9-12H2,1-2H3,(H,21,28)(H,22,24,25). The molecule has 31 heavy (non-hydrogen) atoms. The first-order chi connectivity index (χ1) is 15.0. The van der Waals surface area contributed by atoms with Crippen LogP contribution in [0.2, 0.25) is 0 Å². The number of nitro benzene ring substituents is 1. The Morgan fingerprint density at radius 1 is 1.19 bits per heavy atom. The minimum Gasteiger partial charge on any atom is -0.369 e. The number of benzene rings is 1. The Kier molecular flexibility index (Phi) is 7.76. The van der Waals surface area contributed by atoms with Gasteiger partial charge in [-0.2, -0.15) is 5.10 Å². The topological polar surface area (TPSA) is 128 Å². The van der Waals surface area contributed by atoms with Gasteiger partial charge in [-0.15, -0.1) is 0 Å². The second-order valence-electron chi connectivity index (χ2n) is 6.77. The molecule has 11 heteroatoms. The summed E-state index contributed by atoms with van der Waals surface area (Å²) in [7, 11) is 0. The third kappa shape index (κ3) is 5.91. The van der Waals surface area contributed by atoms with Crippen molar-refractivity contribution < 1.29 is 9.72 Å². The zero-order valence-electron chi connectivity index (χ0n) is 17.5. The Morgan fingerprint density at radius 2 is 1.97 bits per heavy atom. The maximum atomic E-state index is 12.2. The summed E-state index contributed by atoms with van der Waals surface area (Å²) in [6.07, 6.45) is 2.88. The van der Waals surface area contributed by atoms with Crippen LogP contribution in [-0.4, -0.2) is 49.4 Å². The molecule has 0 saturated heterocycles. The lowest BCUT2D eigenvalue weighted by atomic mass is 10.1. The van der Waals surface area contributed by atoms with Gasteiger partial charge in [-0.3, -0.25) is 14.9 Å². The number of thioether (sulfide) groups is 1. The Labute approximate surface area is 184 Å². The van der Waals surface area contributed by atoms with E-state index < -0.39 is 4.92 Å². The third-order valence-corrected chi connectivity index (χ3v) is 5.18. The molecule has 164 valence electrons. The highest BCUT2D eigenvalue weighted by Gasteiger charge is 2.13. The van der Waals surface area contributed by atoms with Crippen molar-refractivity contribution in [1.29, 1.82) is 0 Å². The van der Waals surface area contributed by atoms with Crippen LogP contribution in [0.1, 0.15) is 25.8 Å². The number of nitrogens with zero attached hydrogens (tertiary/aromatic N) is 5. The van der Waals surface area contributed by atoms with E-state index in [9.17, 15) is 14.9 Å². The van der Waals surface area contributed by atoms with Gasteiger partial charge in [-0.1, -0.05) is 37.7 Å². The smallest absolute Gasteiger partial charge is 0.269 e. The number of amides is 1. The summed E-state index contributed by atoms with van der Waals surface area (Å²) in [5.74, 6) is 1.48. The summed E-state index contributed by atoms with van der Waals surface area (Å²) in [6, 6.07) is 5.98. The van der Waals surface area contributed by atoms with Crippen molar-refractivity contribution in [2.24, 2.45) is 0 Å². The van der Waals surface area contributed by atoms with E-state index in [1.807, 2.05) is 0 Å². The number of nitro groups is 1. The number of fused-ring (bicyclic) bond motifs is 1. The van der Waals surface area contributed by atoms with Crippen LogP contribution >= 0.6 is 11.8 Å². The molecule has 0 radical (unpaired) electrons. The average Bonchev–Trinajstić information content (AvgIpc) is 3.15. The van der Waals surface area contributed by atoms with Gasteiger partial charge >= 0.3 is 0 Å². The van der Waals surface area contributed by atoms with E-state index in [2.05, 4.69) is 39.5 Å². The molecule has 2 heterocycles. The maximum absolute atomic E-state index is 12.2. The van der Waals surface area contributed by atoms with Gasteiger partial charge < -0.3 is 10.6 Å². The molecule has 1 aromatic carbocycles. The van der Waals surface area contributed by atoms with E-state index in [-0.39, 0.29) is 18.0 Å². The van der Waals surface area contributed by atoms with Crippen molar-refractivity contribution in [3.05, 3.63) is 46.1 Å². The predicted molar refractivity (Wildman–Crippen MR) is 120 cm³/mol. The van der Waals surface area contributed by atoms with E-state index in [1.54, 1.807) is 34.8 Å². The quantitative estimate of drug-likeness (QED) is 0.200. The van der Waals surface area contributed by atoms with Crippen LogP contribution < -0.4 is 10.6 Å². The first-order valence-corrected chi connectivity index (χ1v) is 11.1. The van der Waals surface area contributed by atoms with Gasteiger partial charge in [-0.05, 0) is 17.7 Å². The van der Waals surface area contributed by atoms with Crippen molar-refractivity contribution in [3.8, 4) is 0 Å². The summed E-state index contributed by atoms with van der Waals surface area (Å²) in [5.41, 5.74) is 1.45. The number of anilines is 1. The molecule has 2 aromatic heterocycles. The molecule has 0 spiro atoms. The number of hydrogen-bond acceptors (Lipinski definition) is 8. The molecule has 0 bridgehead atoms. The molecular formula is C20H25N7O3S. The van der Waals surface area contributed by atoms with Crippen molar-refractivity contribution in [2.45, 2.75) is 38.4 Å². The number of carbonyl (C=O) groups excluding carboxylic acids is 1. The van der Waals surface area contributed by atoms with Gasteiger partial charge in [-0.25, -0.2) is 14.6 Å². The van der Waals surface area contributed by atoms with Crippen molar-refractivity contribution in [3.63, 3.8) is 0 Å². The molecule has 3 rings (SSSR count). The first kappa shape index (κ1) is 22.5. The van der Waals surface area contributed by atoms with Gasteiger partial charge in [0.2, 0.25) is 5.91 Å². The lowest BCUT2D eigenvalue weighted by Gasteiger charge is -2.09. The van der Waals surface area contributed by atoms with Crippen LogP contribution in [0.4, 0.5) is 11.5 Å². The molecule has 0 aliphatic heterocycles. The fourth-order valence-electron chi connectivity index (χ4n) is 2.96. The average molecular weight is 444 g/mol. The molecule has 0 saturated carbocycles. The number of non-ortho nitro benzene ring substituents is 1. The number of nitrogens with one attached hydrogen (secondary N) is 2. The summed E-state index contributed by atoms with van der Waals surface area (Å²) in [5, 5.41) is 22.9. The van der Waals surface area contributed by atoms with Crippen LogP contribution in [0.25, 0.3) is 11.0 Å². The lowest BCUT2D eigenvalue weighted by Crippen LogP contribution is -2.28. The highest BCUT2D eigenvalue weighted by molar-refractivity contribution is 7.99. The minimum atomic E-state index is -0.463. The summed E-state index contributed by atoms with van der Waals surface area (Å²) in [4.78, 5) is 31.7. The molecule has 3 aromatic rings. The van der Waals surface area contributed by atoms with Crippen LogP contribution in [0, 0.1) is 10.1 Å². The molecule has 0 aliphatic rings. The number of carbonyl (C=O) groups is 1. The second-order valence-corrected chi connectivity index (χ2v) is 8.00. The Bertz CT molecular complexity index is 1050. The van der Waals surface area contributed by atoms with E-state index in [0.29, 0.717) is 23.8 Å². The first-order valence-electron chi connectivity index (χ1n) is 10.1. The SMILES string of the molecule is CCCNc1nc(SCC)nc2c1cnn2CCNC(=O)Cc1ccc([N+](=O)[O-])cc1. The summed E-state index contributed by atoms with van der Waals surface area (Å²) >= 11 is 1.57. The molecular weight excluding hydrogens is 418 g/mol. The van der Waals surface area contributed by atoms with E-state index >= 15 is 0 Å². The predicted octanol–water partition coefficient (Wildman–Crippen LogP) is 3.03. The van der Waals surface area contributed by atoms with E-state index in [4.69, 9.17) is 0 Å². The zero-order valence-corrected chi connectivity index (χ0v) is 18.3. The van der Waals surface area contributed by atoms with Gasteiger partial charge in [0, 0.05) is 25.2 Å². The molecule has 0 atom stereocenters. The van der Waals surface area contributed by atoms with Gasteiger partial charge in [0.25, 0.3) is 5.69 Å². The summed E-state index contributed by atoms with van der Waals surface area (Å²) < 4.78 is 1.76. The fourth-order valence-corrected chi connectivity index (χ4v) is 3.52. The number of rotatable bonds is 11. The Hall–Kier alpha value is -3.21. The fraction of sp³-hybridized carbons (Fsp3) is 0.400. The van der Waals surface area contributed by atoms with Crippen LogP contribution in [-0.2, 0) is 17.8 Å². The van der Waals surface area contributed by atoms with E-state index in [1.165, 1.54) is 12.1 Å². The zero-order chi connectivity index (χ0) is 22.2.